The minimum Gasteiger partial charge on any atom is -0.497 e. The zero-order valence-electron chi connectivity index (χ0n) is 15.9. The number of fused-ring (bicyclic) bond motifs is 2. The number of nitrogens with zero attached hydrogens (tertiary/aromatic N) is 2. The van der Waals surface area contributed by atoms with Gasteiger partial charge in [0.15, 0.2) is 4.96 Å². The second-order valence-electron chi connectivity index (χ2n) is 6.72. The van der Waals surface area contributed by atoms with Gasteiger partial charge in [0.25, 0.3) is 0 Å². The SMILES string of the molecule is COc1ccc2c(CC(=O)Nc3c(-c4ccc(F)cc4)nc4sccn34)coc2c1. The summed E-state index contributed by atoms with van der Waals surface area (Å²) in [7, 11) is 1.59. The first-order valence-corrected chi connectivity index (χ1v) is 10.1. The highest BCUT2D eigenvalue weighted by Gasteiger charge is 2.19. The fraction of sp³-hybridized carbons (Fsp3) is 0.0909. The summed E-state index contributed by atoms with van der Waals surface area (Å²) in [6, 6.07) is 11.5. The molecule has 3 heterocycles. The third-order valence-corrected chi connectivity index (χ3v) is 5.61. The number of rotatable bonds is 5. The zero-order valence-corrected chi connectivity index (χ0v) is 16.7. The number of anilines is 1. The third-order valence-electron chi connectivity index (χ3n) is 4.85. The highest BCUT2D eigenvalue weighted by molar-refractivity contribution is 7.15. The number of halogens is 1. The van der Waals surface area contributed by atoms with Gasteiger partial charge in [-0.15, -0.1) is 11.3 Å². The van der Waals surface area contributed by atoms with Crippen molar-refractivity contribution >= 4 is 39.0 Å². The summed E-state index contributed by atoms with van der Waals surface area (Å²) in [5, 5.41) is 5.72. The minimum absolute atomic E-state index is 0.138. The van der Waals surface area contributed by atoms with E-state index in [-0.39, 0.29) is 18.1 Å². The van der Waals surface area contributed by atoms with E-state index in [9.17, 15) is 9.18 Å². The van der Waals surface area contributed by atoms with Gasteiger partial charge in [-0.1, -0.05) is 0 Å². The van der Waals surface area contributed by atoms with E-state index in [1.165, 1.54) is 23.5 Å². The monoisotopic (exact) mass is 421 g/mol. The molecular formula is C22H16FN3O3S. The molecule has 30 heavy (non-hydrogen) atoms. The lowest BCUT2D eigenvalue weighted by atomic mass is 10.1. The Balaban J connectivity index is 1.45. The van der Waals surface area contributed by atoms with Crippen LogP contribution in [0.2, 0.25) is 0 Å². The summed E-state index contributed by atoms with van der Waals surface area (Å²) < 4.78 is 25.9. The van der Waals surface area contributed by atoms with Crippen molar-refractivity contribution in [3.8, 4) is 17.0 Å². The summed E-state index contributed by atoms with van der Waals surface area (Å²) in [6.45, 7) is 0. The van der Waals surface area contributed by atoms with Crippen molar-refractivity contribution in [1.29, 1.82) is 0 Å². The Labute approximate surface area is 174 Å². The molecule has 3 aromatic heterocycles. The van der Waals surface area contributed by atoms with Crippen molar-refractivity contribution in [2.24, 2.45) is 0 Å². The molecule has 1 N–H and O–H groups in total. The van der Waals surface area contributed by atoms with E-state index >= 15 is 0 Å². The van der Waals surface area contributed by atoms with Crippen molar-refractivity contribution in [2.75, 3.05) is 12.4 Å². The lowest BCUT2D eigenvalue weighted by Crippen LogP contribution is -2.16. The van der Waals surface area contributed by atoms with Crippen LogP contribution in [0.4, 0.5) is 10.2 Å². The van der Waals surface area contributed by atoms with Gasteiger partial charge >= 0.3 is 0 Å². The van der Waals surface area contributed by atoms with Gasteiger partial charge in [-0.05, 0) is 36.4 Å². The molecule has 0 saturated heterocycles. The van der Waals surface area contributed by atoms with Crippen molar-refractivity contribution in [1.82, 2.24) is 9.38 Å². The van der Waals surface area contributed by atoms with Crippen LogP contribution < -0.4 is 10.1 Å². The number of hydrogen-bond donors (Lipinski definition) is 1. The Bertz CT molecular complexity index is 1370. The maximum absolute atomic E-state index is 13.3. The zero-order chi connectivity index (χ0) is 20.7. The van der Waals surface area contributed by atoms with Crippen LogP contribution in [0, 0.1) is 5.82 Å². The largest absolute Gasteiger partial charge is 0.497 e. The van der Waals surface area contributed by atoms with E-state index in [0.29, 0.717) is 22.8 Å². The summed E-state index contributed by atoms with van der Waals surface area (Å²) in [6.07, 6.45) is 3.57. The normalized spacial score (nSPS) is 11.3. The van der Waals surface area contributed by atoms with E-state index in [4.69, 9.17) is 9.15 Å². The number of furan rings is 1. The number of methoxy groups -OCH3 is 1. The molecule has 0 atom stereocenters. The third kappa shape index (κ3) is 3.21. The van der Waals surface area contributed by atoms with Crippen LogP contribution in [0.3, 0.4) is 0 Å². The number of benzene rings is 2. The number of amides is 1. The molecule has 0 radical (unpaired) electrons. The molecule has 2 aromatic carbocycles. The van der Waals surface area contributed by atoms with E-state index in [2.05, 4.69) is 10.3 Å². The smallest absolute Gasteiger partial charge is 0.230 e. The minimum atomic E-state index is -0.325. The first kappa shape index (κ1) is 18.4. The molecular weight excluding hydrogens is 405 g/mol. The van der Waals surface area contributed by atoms with Crippen LogP contribution in [-0.4, -0.2) is 22.4 Å². The number of carbonyl (C=O) groups excluding carboxylic acids is 1. The van der Waals surface area contributed by atoms with E-state index < -0.39 is 0 Å². The average molecular weight is 421 g/mol. The van der Waals surface area contributed by atoms with Crippen LogP contribution in [0.1, 0.15) is 5.56 Å². The van der Waals surface area contributed by atoms with Gasteiger partial charge in [0.2, 0.25) is 5.91 Å². The average Bonchev–Trinajstić information content (AvgIpc) is 3.45. The Morgan fingerprint density at radius 3 is 2.90 bits per heavy atom. The molecule has 5 rings (SSSR count). The molecule has 0 saturated carbocycles. The quantitative estimate of drug-likeness (QED) is 0.427. The van der Waals surface area contributed by atoms with Crippen molar-refractivity contribution in [3.63, 3.8) is 0 Å². The van der Waals surface area contributed by atoms with E-state index in [1.807, 2.05) is 28.1 Å². The molecule has 8 heteroatoms. The van der Waals surface area contributed by atoms with Crippen LogP contribution >= 0.6 is 11.3 Å². The number of hydrogen-bond acceptors (Lipinski definition) is 5. The van der Waals surface area contributed by atoms with Gasteiger partial charge in [0.05, 0.1) is 19.8 Å². The van der Waals surface area contributed by atoms with Crippen molar-refractivity contribution < 1.29 is 18.3 Å². The van der Waals surface area contributed by atoms with Gasteiger partial charge in [0.1, 0.15) is 28.7 Å². The lowest BCUT2D eigenvalue weighted by Gasteiger charge is -2.07. The number of carbonyl (C=O) groups is 1. The molecule has 0 aliphatic carbocycles. The molecule has 6 nitrogen and oxygen atoms in total. The molecule has 0 unspecified atom stereocenters. The lowest BCUT2D eigenvalue weighted by molar-refractivity contribution is -0.115. The van der Waals surface area contributed by atoms with Crippen LogP contribution in [-0.2, 0) is 11.2 Å². The van der Waals surface area contributed by atoms with Gasteiger partial charge in [-0.3, -0.25) is 9.20 Å². The molecule has 150 valence electrons. The summed E-state index contributed by atoms with van der Waals surface area (Å²) in [5.41, 5.74) is 2.76. The Morgan fingerprint density at radius 2 is 2.10 bits per heavy atom. The van der Waals surface area contributed by atoms with Gasteiger partial charge in [-0.25, -0.2) is 9.37 Å². The van der Waals surface area contributed by atoms with Gasteiger partial charge in [0, 0.05) is 34.2 Å². The maximum Gasteiger partial charge on any atom is 0.230 e. The first-order chi connectivity index (χ1) is 14.6. The topological polar surface area (TPSA) is 68.8 Å². The fourth-order valence-electron chi connectivity index (χ4n) is 3.39. The highest BCUT2D eigenvalue weighted by atomic mass is 32.1. The summed E-state index contributed by atoms with van der Waals surface area (Å²) >= 11 is 1.46. The predicted octanol–water partition coefficient (Wildman–Crippen LogP) is 5.14. The Kier molecular flexibility index (Phi) is 4.48. The molecule has 0 aliphatic heterocycles. The molecule has 0 aliphatic rings. The van der Waals surface area contributed by atoms with Crippen molar-refractivity contribution in [3.05, 3.63) is 71.7 Å². The second kappa shape index (κ2) is 7.31. The van der Waals surface area contributed by atoms with E-state index in [1.54, 1.807) is 31.6 Å². The number of nitrogens with one attached hydrogen (secondary N) is 1. The van der Waals surface area contributed by atoms with Crippen LogP contribution in [0.15, 0.2) is 64.7 Å². The number of ether oxygens (including phenoxy) is 1. The number of imidazole rings is 1. The first-order valence-electron chi connectivity index (χ1n) is 9.18. The van der Waals surface area contributed by atoms with Crippen LogP contribution in [0.25, 0.3) is 27.2 Å². The van der Waals surface area contributed by atoms with Crippen LogP contribution in [0.5, 0.6) is 5.75 Å². The second-order valence-corrected chi connectivity index (χ2v) is 7.59. The maximum atomic E-state index is 13.3. The number of aromatic nitrogens is 2. The van der Waals surface area contributed by atoms with E-state index in [0.717, 1.165) is 21.5 Å². The molecule has 1 amide bonds. The Hall–Kier alpha value is -3.65. The molecule has 0 spiro atoms. The Morgan fingerprint density at radius 1 is 1.27 bits per heavy atom. The summed E-state index contributed by atoms with van der Waals surface area (Å²) in [4.78, 5) is 18.2. The standard InChI is InChI=1S/C22H16FN3O3S/c1-28-16-6-7-17-14(12-29-18(17)11-16)10-19(27)24-21-20(13-2-4-15(23)5-3-13)25-22-26(21)8-9-30-22/h2-9,11-12H,10H2,1H3,(H,24,27). The molecule has 0 fully saturated rings. The van der Waals surface area contributed by atoms with Crippen molar-refractivity contribution in [2.45, 2.75) is 6.42 Å². The molecule has 5 aromatic rings. The fourth-order valence-corrected chi connectivity index (χ4v) is 4.10. The predicted molar refractivity (Wildman–Crippen MR) is 114 cm³/mol. The number of thiazole rings is 1. The van der Waals surface area contributed by atoms with Gasteiger partial charge < -0.3 is 14.5 Å². The summed E-state index contributed by atoms with van der Waals surface area (Å²) in [5.74, 6) is 0.715. The highest BCUT2D eigenvalue weighted by Crippen LogP contribution is 2.31. The molecule has 0 bridgehead atoms. The van der Waals surface area contributed by atoms with Gasteiger partial charge in [-0.2, -0.15) is 0 Å².